The molecule has 0 bridgehead atoms. The first kappa shape index (κ1) is 17.9. The predicted octanol–water partition coefficient (Wildman–Crippen LogP) is 5.32. The van der Waals surface area contributed by atoms with E-state index in [-0.39, 0.29) is 12.3 Å². The lowest BCUT2D eigenvalue weighted by molar-refractivity contribution is -0.129. The minimum atomic E-state index is 0.0166. The number of hydrogen-bond donors (Lipinski definition) is 0. The lowest BCUT2D eigenvalue weighted by Crippen LogP contribution is -2.27. The average Bonchev–Trinajstić information content (AvgIpc) is 3.03. The summed E-state index contributed by atoms with van der Waals surface area (Å²) < 4.78 is 0. The molecule has 0 saturated carbocycles. The highest BCUT2D eigenvalue weighted by molar-refractivity contribution is 7.13. The SMILES string of the molecule is CN(Cc1cccc(Cl)c1)C(=O)Cc1csc(-c2cccc(Cl)c2)n1. The van der Waals surface area contributed by atoms with Crippen molar-refractivity contribution < 1.29 is 4.79 Å². The Morgan fingerprint density at radius 1 is 1.12 bits per heavy atom. The van der Waals surface area contributed by atoms with Crippen molar-refractivity contribution in [1.29, 1.82) is 0 Å². The van der Waals surface area contributed by atoms with Crippen LogP contribution in [0.4, 0.5) is 0 Å². The molecule has 0 fully saturated rings. The van der Waals surface area contributed by atoms with Crippen molar-refractivity contribution in [3.63, 3.8) is 0 Å². The molecule has 3 rings (SSSR count). The third-order valence-electron chi connectivity index (χ3n) is 3.69. The van der Waals surface area contributed by atoms with E-state index < -0.39 is 0 Å². The molecule has 0 unspecified atom stereocenters. The molecule has 6 heteroatoms. The van der Waals surface area contributed by atoms with Crippen molar-refractivity contribution in [2.24, 2.45) is 0 Å². The number of rotatable bonds is 5. The molecule has 128 valence electrons. The van der Waals surface area contributed by atoms with E-state index in [1.165, 1.54) is 11.3 Å². The molecule has 0 atom stereocenters. The number of halogens is 2. The van der Waals surface area contributed by atoms with E-state index in [2.05, 4.69) is 4.98 Å². The third-order valence-corrected chi connectivity index (χ3v) is 5.10. The smallest absolute Gasteiger partial charge is 0.228 e. The maximum Gasteiger partial charge on any atom is 0.228 e. The van der Waals surface area contributed by atoms with Gasteiger partial charge < -0.3 is 4.90 Å². The van der Waals surface area contributed by atoms with Crippen LogP contribution in [0, 0.1) is 0 Å². The molecular formula is C19H16Cl2N2OS. The minimum absolute atomic E-state index is 0.0166. The van der Waals surface area contributed by atoms with Gasteiger partial charge in [-0.2, -0.15) is 0 Å². The quantitative estimate of drug-likeness (QED) is 0.590. The largest absolute Gasteiger partial charge is 0.341 e. The van der Waals surface area contributed by atoms with E-state index in [4.69, 9.17) is 23.2 Å². The fourth-order valence-corrected chi connectivity index (χ4v) is 3.65. The molecule has 2 aromatic carbocycles. The normalized spacial score (nSPS) is 10.7. The predicted molar refractivity (Wildman–Crippen MR) is 104 cm³/mol. The van der Waals surface area contributed by atoms with Gasteiger partial charge in [0.15, 0.2) is 0 Å². The second-order valence-electron chi connectivity index (χ2n) is 5.71. The van der Waals surface area contributed by atoms with Gasteiger partial charge >= 0.3 is 0 Å². The fraction of sp³-hybridized carbons (Fsp3) is 0.158. The average molecular weight is 391 g/mol. The van der Waals surface area contributed by atoms with Gasteiger partial charge in [0, 0.05) is 34.6 Å². The number of hydrogen-bond acceptors (Lipinski definition) is 3. The lowest BCUT2D eigenvalue weighted by Gasteiger charge is -2.16. The Labute approximate surface area is 160 Å². The van der Waals surface area contributed by atoms with Crippen LogP contribution in [-0.4, -0.2) is 22.8 Å². The zero-order valence-electron chi connectivity index (χ0n) is 13.6. The number of thiazole rings is 1. The van der Waals surface area contributed by atoms with Crippen molar-refractivity contribution in [1.82, 2.24) is 9.88 Å². The summed E-state index contributed by atoms with van der Waals surface area (Å²) in [5.41, 5.74) is 2.73. The van der Waals surface area contributed by atoms with Crippen LogP contribution in [0.25, 0.3) is 10.6 Å². The second kappa shape index (κ2) is 8.00. The summed E-state index contributed by atoms with van der Waals surface area (Å²) in [6.45, 7) is 0.519. The van der Waals surface area contributed by atoms with Gasteiger partial charge in [-0.15, -0.1) is 11.3 Å². The Morgan fingerprint density at radius 2 is 1.84 bits per heavy atom. The molecule has 1 amide bonds. The summed E-state index contributed by atoms with van der Waals surface area (Å²) in [5, 5.41) is 4.12. The zero-order valence-corrected chi connectivity index (χ0v) is 15.9. The summed E-state index contributed by atoms with van der Waals surface area (Å²) in [4.78, 5) is 18.7. The van der Waals surface area contributed by atoms with E-state index in [9.17, 15) is 4.79 Å². The summed E-state index contributed by atoms with van der Waals surface area (Å²) in [6, 6.07) is 15.1. The van der Waals surface area contributed by atoms with Crippen LogP contribution in [0.2, 0.25) is 10.0 Å². The van der Waals surface area contributed by atoms with E-state index in [0.29, 0.717) is 16.6 Å². The van der Waals surface area contributed by atoms with Gasteiger partial charge in [0.2, 0.25) is 5.91 Å². The summed E-state index contributed by atoms with van der Waals surface area (Å²) in [6.07, 6.45) is 0.272. The number of carbonyl (C=O) groups excluding carboxylic acids is 1. The van der Waals surface area contributed by atoms with Gasteiger partial charge in [0.1, 0.15) is 5.01 Å². The van der Waals surface area contributed by atoms with Gasteiger partial charge in [0.25, 0.3) is 0 Å². The zero-order chi connectivity index (χ0) is 17.8. The highest BCUT2D eigenvalue weighted by Gasteiger charge is 2.13. The number of benzene rings is 2. The van der Waals surface area contributed by atoms with Gasteiger partial charge in [-0.3, -0.25) is 4.79 Å². The molecule has 0 N–H and O–H groups in total. The highest BCUT2D eigenvalue weighted by Crippen LogP contribution is 2.26. The van der Waals surface area contributed by atoms with Crippen LogP contribution < -0.4 is 0 Å². The maximum absolute atomic E-state index is 12.4. The number of carbonyl (C=O) groups is 1. The van der Waals surface area contributed by atoms with Gasteiger partial charge in [-0.05, 0) is 29.8 Å². The van der Waals surface area contributed by atoms with E-state index in [1.807, 2.05) is 53.9 Å². The summed E-state index contributed by atoms with van der Waals surface area (Å²) in [5.74, 6) is 0.0166. The van der Waals surface area contributed by atoms with E-state index in [0.717, 1.165) is 21.8 Å². The minimum Gasteiger partial charge on any atom is -0.341 e. The van der Waals surface area contributed by atoms with Crippen molar-refractivity contribution in [3.8, 4) is 10.6 Å². The van der Waals surface area contributed by atoms with Crippen molar-refractivity contribution >= 4 is 40.4 Å². The van der Waals surface area contributed by atoms with Crippen LogP contribution >= 0.6 is 34.5 Å². The van der Waals surface area contributed by atoms with Gasteiger partial charge in [0.05, 0.1) is 12.1 Å². The number of likely N-dealkylation sites (N-methyl/N-ethyl adjacent to an activating group) is 1. The molecule has 0 aliphatic carbocycles. The molecular weight excluding hydrogens is 375 g/mol. The Morgan fingerprint density at radius 3 is 2.56 bits per heavy atom. The molecule has 0 spiro atoms. The van der Waals surface area contributed by atoms with Gasteiger partial charge in [-0.25, -0.2) is 4.98 Å². The molecule has 3 aromatic rings. The molecule has 0 radical (unpaired) electrons. The molecule has 1 aromatic heterocycles. The Bertz CT molecular complexity index is 894. The molecule has 0 aliphatic rings. The third kappa shape index (κ3) is 4.82. The van der Waals surface area contributed by atoms with Crippen LogP contribution in [0.1, 0.15) is 11.3 Å². The molecule has 1 heterocycles. The molecule has 0 saturated heterocycles. The fourth-order valence-electron chi connectivity index (χ4n) is 2.43. The van der Waals surface area contributed by atoms with Crippen LogP contribution in [0.15, 0.2) is 53.9 Å². The monoisotopic (exact) mass is 390 g/mol. The van der Waals surface area contributed by atoms with Crippen LogP contribution in [-0.2, 0) is 17.8 Å². The first-order valence-electron chi connectivity index (χ1n) is 7.70. The molecule has 25 heavy (non-hydrogen) atoms. The number of amides is 1. The van der Waals surface area contributed by atoms with Crippen molar-refractivity contribution in [2.45, 2.75) is 13.0 Å². The number of aromatic nitrogens is 1. The second-order valence-corrected chi connectivity index (χ2v) is 7.44. The van der Waals surface area contributed by atoms with Gasteiger partial charge in [-0.1, -0.05) is 47.5 Å². The summed E-state index contributed by atoms with van der Waals surface area (Å²) in [7, 11) is 1.79. The van der Waals surface area contributed by atoms with Crippen LogP contribution in [0.5, 0.6) is 0 Å². The molecule has 3 nitrogen and oxygen atoms in total. The Balaban J connectivity index is 1.65. The lowest BCUT2D eigenvalue weighted by atomic mass is 10.2. The van der Waals surface area contributed by atoms with Crippen molar-refractivity contribution in [2.75, 3.05) is 7.05 Å². The Hall–Kier alpha value is -1.88. The van der Waals surface area contributed by atoms with Crippen molar-refractivity contribution in [3.05, 3.63) is 75.2 Å². The maximum atomic E-state index is 12.4. The Kier molecular flexibility index (Phi) is 5.74. The number of nitrogens with zero attached hydrogens (tertiary/aromatic N) is 2. The topological polar surface area (TPSA) is 33.2 Å². The first-order chi connectivity index (χ1) is 12.0. The standard InChI is InChI=1S/C19H16Cl2N2OS/c1-23(11-13-4-2-6-15(20)8-13)18(24)10-17-12-25-19(22-17)14-5-3-7-16(21)9-14/h2-9,12H,10-11H2,1H3. The van der Waals surface area contributed by atoms with E-state index in [1.54, 1.807) is 11.9 Å². The van der Waals surface area contributed by atoms with E-state index >= 15 is 0 Å². The summed E-state index contributed by atoms with van der Waals surface area (Å²) >= 11 is 13.5. The highest BCUT2D eigenvalue weighted by atomic mass is 35.5. The van der Waals surface area contributed by atoms with Crippen LogP contribution in [0.3, 0.4) is 0 Å². The first-order valence-corrected chi connectivity index (χ1v) is 9.33. The molecule has 0 aliphatic heterocycles.